The summed E-state index contributed by atoms with van der Waals surface area (Å²) in [4.78, 5) is 11.0. The first-order chi connectivity index (χ1) is 7.70. The molecule has 0 radical (unpaired) electrons. The van der Waals surface area contributed by atoms with Gasteiger partial charge in [0, 0.05) is 12.1 Å². The molecule has 0 saturated carbocycles. The van der Waals surface area contributed by atoms with Crippen molar-refractivity contribution in [3.05, 3.63) is 40.2 Å². The second-order valence-corrected chi connectivity index (χ2v) is 2.79. The van der Waals surface area contributed by atoms with Gasteiger partial charge in [-0.25, -0.2) is 0 Å². The summed E-state index contributed by atoms with van der Waals surface area (Å²) >= 11 is 0. The Morgan fingerprint density at radius 2 is 2.06 bits per heavy atom. The molecule has 0 aliphatic rings. The number of nitriles is 1. The highest BCUT2D eigenvalue weighted by molar-refractivity contribution is 5.39. The van der Waals surface area contributed by atoms with Gasteiger partial charge in [0.1, 0.15) is 6.07 Å². The number of nitro benzene ring substituents is 1. The Morgan fingerprint density at radius 1 is 1.38 bits per heavy atom. The Morgan fingerprint density at radius 3 is 2.56 bits per heavy atom. The topological polar surface area (TPSA) is 111 Å². The molecule has 0 saturated heterocycles. The van der Waals surface area contributed by atoms with Gasteiger partial charge in [-0.05, 0) is 17.3 Å². The van der Waals surface area contributed by atoms with Crippen LogP contribution >= 0.6 is 0 Å². The number of nitro groups is 1. The third-order valence-electron chi connectivity index (χ3n) is 1.81. The molecule has 1 heterocycles. The average Bonchev–Trinajstić information content (AvgIpc) is 2.77. The molecule has 16 heavy (non-hydrogen) atoms. The first-order valence-corrected chi connectivity index (χ1v) is 4.15. The van der Waals surface area contributed by atoms with Gasteiger partial charge in [0.05, 0.1) is 10.6 Å². The molecule has 0 bridgehead atoms. The molecular weight excluding hydrogens is 212 g/mol. The summed E-state index contributed by atoms with van der Waals surface area (Å²) in [6.07, 6.45) is 0. The van der Waals surface area contributed by atoms with Crippen LogP contribution in [0.4, 0.5) is 5.69 Å². The van der Waals surface area contributed by atoms with Gasteiger partial charge in [0.25, 0.3) is 11.5 Å². The van der Waals surface area contributed by atoms with Gasteiger partial charge in [-0.2, -0.15) is 5.26 Å². The fourth-order valence-corrected chi connectivity index (χ4v) is 1.08. The molecule has 1 aromatic carbocycles. The number of hydrogen-bond acceptors (Lipinski definition) is 6. The number of benzene rings is 1. The van der Waals surface area contributed by atoms with Crippen LogP contribution in [-0.4, -0.2) is 25.1 Å². The van der Waals surface area contributed by atoms with Crippen LogP contribution in [0, 0.1) is 21.4 Å². The van der Waals surface area contributed by atoms with Crippen molar-refractivity contribution in [1.29, 1.82) is 5.26 Å². The van der Waals surface area contributed by atoms with Crippen molar-refractivity contribution in [2.24, 2.45) is 0 Å². The Hall–Kier alpha value is -2.82. The summed E-state index contributed by atoms with van der Waals surface area (Å²) in [5.41, 5.74) is 0.476. The van der Waals surface area contributed by atoms with Crippen LogP contribution in [0.5, 0.6) is 0 Å². The van der Waals surface area contributed by atoms with Gasteiger partial charge in [0.15, 0.2) is 0 Å². The maximum absolute atomic E-state index is 10.4. The van der Waals surface area contributed by atoms with E-state index in [0.29, 0.717) is 5.69 Å². The molecule has 8 heteroatoms. The lowest BCUT2D eigenvalue weighted by Crippen LogP contribution is -1.99. The molecule has 2 rings (SSSR count). The smallest absolute Gasteiger partial charge is 0.258 e. The number of tetrazole rings is 1. The zero-order chi connectivity index (χ0) is 11.5. The summed E-state index contributed by atoms with van der Waals surface area (Å²) in [6.45, 7) is 0. The minimum Gasteiger partial charge on any atom is -0.258 e. The fraction of sp³-hybridized carbons (Fsp3) is 0. The predicted octanol–water partition coefficient (Wildman–Crippen LogP) is 0.442. The Balaban J connectivity index is 2.35. The molecule has 0 spiro atoms. The second kappa shape index (κ2) is 3.74. The monoisotopic (exact) mass is 216 g/mol. The molecule has 0 aliphatic heterocycles. The van der Waals surface area contributed by atoms with E-state index in [4.69, 9.17) is 5.26 Å². The molecule has 8 nitrogen and oxygen atoms in total. The van der Waals surface area contributed by atoms with E-state index in [1.807, 2.05) is 0 Å². The summed E-state index contributed by atoms with van der Waals surface area (Å²) < 4.78 is 0. The predicted molar refractivity (Wildman–Crippen MR) is 50.5 cm³/mol. The van der Waals surface area contributed by atoms with Gasteiger partial charge in [-0.1, -0.05) is 5.10 Å². The van der Waals surface area contributed by atoms with Crippen LogP contribution in [0.3, 0.4) is 0 Å². The van der Waals surface area contributed by atoms with E-state index in [9.17, 15) is 10.1 Å². The molecule has 0 amide bonds. The highest BCUT2D eigenvalue weighted by atomic mass is 16.6. The second-order valence-electron chi connectivity index (χ2n) is 2.79. The van der Waals surface area contributed by atoms with Gasteiger partial charge in [0.2, 0.25) is 0 Å². The number of hydrogen-bond donors (Lipinski definition) is 0. The third-order valence-corrected chi connectivity index (χ3v) is 1.81. The lowest BCUT2D eigenvalue weighted by Gasteiger charge is -1.96. The molecule has 0 aliphatic carbocycles. The first kappa shape index (κ1) is 9.72. The molecule has 0 N–H and O–H groups in total. The average molecular weight is 216 g/mol. The summed E-state index contributed by atoms with van der Waals surface area (Å²) in [5, 5.41) is 29.7. The van der Waals surface area contributed by atoms with Crippen molar-refractivity contribution in [2.45, 2.75) is 0 Å². The first-order valence-electron chi connectivity index (χ1n) is 4.15. The van der Waals surface area contributed by atoms with Crippen LogP contribution in [-0.2, 0) is 0 Å². The highest BCUT2D eigenvalue weighted by Crippen LogP contribution is 2.13. The Bertz CT molecular complexity index is 567. The summed E-state index contributed by atoms with van der Waals surface area (Å²) in [5.74, 6) is -0.0571. The normalized spacial score (nSPS) is 9.69. The van der Waals surface area contributed by atoms with E-state index in [2.05, 4.69) is 15.4 Å². The van der Waals surface area contributed by atoms with E-state index in [1.165, 1.54) is 24.3 Å². The van der Waals surface area contributed by atoms with Crippen LogP contribution < -0.4 is 0 Å². The number of nitrogens with zero attached hydrogens (tertiary/aromatic N) is 6. The van der Waals surface area contributed by atoms with Gasteiger partial charge in [-0.3, -0.25) is 10.1 Å². The van der Waals surface area contributed by atoms with Crippen LogP contribution in [0.15, 0.2) is 24.3 Å². The van der Waals surface area contributed by atoms with E-state index in [-0.39, 0.29) is 11.5 Å². The fourth-order valence-electron chi connectivity index (χ4n) is 1.08. The third kappa shape index (κ3) is 1.69. The zero-order valence-electron chi connectivity index (χ0n) is 7.81. The number of aromatic nitrogens is 4. The van der Waals surface area contributed by atoms with Crippen LogP contribution in [0.2, 0.25) is 0 Å². The van der Waals surface area contributed by atoms with Gasteiger partial charge < -0.3 is 0 Å². The van der Waals surface area contributed by atoms with Crippen molar-refractivity contribution < 1.29 is 4.92 Å². The minimum atomic E-state index is -0.501. The lowest BCUT2D eigenvalue weighted by atomic mass is 10.3. The number of rotatable bonds is 2. The van der Waals surface area contributed by atoms with Crippen molar-refractivity contribution in [2.75, 3.05) is 0 Å². The van der Waals surface area contributed by atoms with Crippen molar-refractivity contribution in [3.8, 4) is 11.8 Å². The van der Waals surface area contributed by atoms with E-state index in [0.717, 1.165) is 4.80 Å². The van der Waals surface area contributed by atoms with E-state index in [1.54, 1.807) is 6.07 Å². The molecular formula is C8H4N6O2. The minimum absolute atomic E-state index is 0.0237. The molecule has 1 aromatic heterocycles. The maximum Gasteiger partial charge on any atom is 0.274 e. The molecule has 2 aromatic rings. The van der Waals surface area contributed by atoms with Gasteiger partial charge >= 0.3 is 0 Å². The molecule has 0 atom stereocenters. The molecule has 0 unspecified atom stereocenters. The Labute approximate surface area is 88.9 Å². The maximum atomic E-state index is 10.4. The van der Waals surface area contributed by atoms with Gasteiger partial charge in [-0.15, -0.1) is 9.90 Å². The zero-order valence-corrected chi connectivity index (χ0v) is 7.81. The van der Waals surface area contributed by atoms with E-state index < -0.39 is 4.92 Å². The van der Waals surface area contributed by atoms with Crippen LogP contribution in [0.25, 0.3) is 5.69 Å². The van der Waals surface area contributed by atoms with E-state index >= 15 is 0 Å². The highest BCUT2D eigenvalue weighted by Gasteiger charge is 2.07. The summed E-state index contributed by atoms with van der Waals surface area (Å²) in [7, 11) is 0. The lowest BCUT2D eigenvalue weighted by molar-refractivity contribution is -0.384. The quantitative estimate of drug-likeness (QED) is 0.532. The largest absolute Gasteiger partial charge is 0.274 e. The Kier molecular flexibility index (Phi) is 2.27. The summed E-state index contributed by atoms with van der Waals surface area (Å²) in [6, 6.07) is 7.33. The van der Waals surface area contributed by atoms with Crippen LogP contribution in [0.1, 0.15) is 5.82 Å². The van der Waals surface area contributed by atoms with Crippen molar-refractivity contribution in [1.82, 2.24) is 20.2 Å². The number of non-ortho nitro benzene ring substituents is 1. The van der Waals surface area contributed by atoms with Crippen molar-refractivity contribution >= 4 is 5.69 Å². The molecule has 78 valence electrons. The standard InChI is InChI=1S/C8H4N6O2/c9-5-8-10-12-13(11-8)6-1-3-7(4-2-6)14(15)16/h1-4H. The SMILES string of the molecule is N#Cc1nnn(-c2ccc([N+](=O)[O-])cc2)n1. The van der Waals surface area contributed by atoms with Crippen molar-refractivity contribution in [3.63, 3.8) is 0 Å². The molecule has 0 fully saturated rings.